The third-order valence-electron chi connectivity index (χ3n) is 3.13. The Morgan fingerprint density at radius 1 is 1.14 bits per heavy atom. The summed E-state index contributed by atoms with van der Waals surface area (Å²) >= 11 is 5.74. The third kappa shape index (κ3) is 4.67. The van der Waals surface area contributed by atoms with Crippen LogP contribution >= 0.6 is 34.9 Å². The fourth-order valence-electron chi connectivity index (χ4n) is 2.07. The number of thiazole rings is 1. The van der Waals surface area contributed by atoms with Crippen LogP contribution in [0.25, 0.3) is 10.8 Å². The van der Waals surface area contributed by atoms with Crippen molar-refractivity contribution in [3.63, 3.8) is 0 Å². The second-order valence-electron chi connectivity index (χ2n) is 4.77. The Hall–Kier alpha value is -0.630. The maximum Gasteiger partial charge on any atom is 0.188 e. The molecule has 0 radical (unpaired) electrons. The Morgan fingerprint density at radius 2 is 1.90 bits per heavy atom. The smallest absolute Gasteiger partial charge is 0.188 e. The molecule has 0 bridgehead atoms. The standard InChI is InChI=1S/C14H18N4S3/c1-3-16-13(17-4-1)14-18-11(10-21-14)2-5-15-12-8-19-6-7-20-9-12/h1,3-4,10,12,15H,2,5-9H2. The van der Waals surface area contributed by atoms with Gasteiger partial charge in [-0.05, 0) is 6.07 Å². The molecular weight excluding hydrogens is 320 g/mol. The zero-order chi connectivity index (χ0) is 14.3. The molecule has 2 aromatic rings. The first kappa shape index (κ1) is 15.3. The summed E-state index contributed by atoms with van der Waals surface area (Å²) in [6, 6.07) is 2.46. The molecule has 1 saturated heterocycles. The highest BCUT2D eigenvalue weighted by Gasteiger charge is 2.12. The molecule has 1 fully saturated rings. The molecule has 0 atom stereocenters. The molecule has 4 nitrogen and oxygen atoms in total. The van der Waals surface area contributed by atoms with Crippen molar-refractivity contribution in [2.75, 3.05) is 29.6 Å². The maximum absolute atomic E-state index is 4.62. The van der Waals surface area contributed by atoms with E-state index in [4.69, 9.17) is 0 Å². The lowest BCUT2D eigenvalue weighted by molar-refractivity contribution is 0.602. The number of nitrogens with zero attached hydrogens (tertiary/aromatic N) is 3. The average molecular weight is 339 g/mol. The van der Waals surface area contributed by atoms with E-state index < -0.39 is 0 Å². The Kier molecular flexibility index (Phi) is 5.91. The first-order valence-corrected chi connectivity index (χ1v) is 10.2. The van der Waals surface area contributed by atoms with Crippen LogP contribution in [0.4, 0.5) is 0 Å². The fraction of sp³-hybridized carbons (Fsp3) is 0.500. The molecule has 1 N–H and O–H groups in total. The zero-order valence-corrected chi connectivity index (χ0v) is 14.1. The minimum atomic E-state index is 0.637. The summed E-state index contributed by atoms with van der Waals surface area (Å²) in [5.74, 6) is 5.75. The van der Waals surface area contributed by atoms with Crippen molar-refractivity contribution >= 4 is 34.9 Å². The van der Waals surface area contributed by atoms with Crippen molar-refractivity contribution in [3.05, 3.63) is 29.5 Å². The number of hydrogen-bond acceptors (Lipinski definition) is 7. The van der Waals surface area contributed by atoms with Gasteiger partial charge in [0.15, 0.2) is 10.8 Å². The van der Waals surface area contributed by atoms with Gasteiger partial charge in [0.1, 0.15) is 0 Å². The van der Waals surface area contributed by atoms with E-state index in [0.29, 0.717) is 6.04 Å². The van der Waals surface area contributed by atoms with Crippen molar-refractivity contribution < 1.29 is 0 Å². The fourth-order valence-corrected chi connectivity index (χ4v) is 5.34. The van der Waals surface area contributed by atoms with Crippen molar-refractivity contribution in [1.82, 2.24) is 20.3 Å². The van der Waals surface area contributed by atoms with Crippen LogP contribution in [-0.4, -0.2) is 50.5 Å². The second kappa shape index (κ2) is 8.12. The normalized spacial score (nSPS) is 16.8. The minimum absolute atomic E-state index is 0.637. The molecule has 1 aliphatic heterocycles. The van der Waals surface area contributed by atoms with Gasteiger partial charge in [-0.1, -0.05) is 0 Å². The molecule has 3 rings (SSSR count). The zero-order valence-electron chi connectivity index (χ0n) is 11.7. The summed E-state index contributed by atoms with van der Waals surface area (Å²) in [6.45, 7) is 0.991. The summed E-state index contributed by atoms with van der Waals surface area (Å²) in [5.41, 5.74) is 1.13. The first-order valence-electron chi connectivity index (χ1n) is 7.02. The number of aromatic nitrogens is 3. The van der Waals surface area contributed by atoms with Gasteiger partial charge in [0, 0.05) is 59.8 Å². The lowest BCUT2D eigenvalue weighted by Crippen LogP contribution is -2.34. The molecule has 0 amide bonds. The van der Waals surface area contributed by atoms with Crippen molar-refractivity contribution in [3.8, 4) is 10.8 Å². The lowest BCUT2D eigenvalue weighted by Gasteiger charge is -2.14. The van der Waals surface area contributed by atoms with E-state index in [0.717, 1.165) is 29.5 Å². The summed E-state index contributed by atoms with van der Waals surface area (Å²) in [4.78, 5) is 13.1. The Morgan fingerprint density at radius 3 is 2.67 bits per heavy atom. The molecule has 0 unspecified atom stereocenters. The minimum Gasteiger partial charge on any atom is -0.312 e. The third-order valence-corrected chi connectivity index (χ3v) is 6.54. The molecule has 3 heterocycles. The first-order chi connectivity index (χ1) is 10.4. The van der Waals surface area contributed by atoms with Gasteiger partial charge in [0.25, 0.3) is 0 Å². The van der Waals surface area contributed by atoms with Gasteiger partial charge in [-0.25, -0.2) is 15.0 Å². The lowest BCUT2D eigenvalue weighted by atomic mass is 10.3. The number of thioether (sulfide) groups is 2. The van der Waals surface area contributed by atoms with Gasteiger partial charge >= 0.3 is 0 Å². The van der Waals surface area contributed by atoms with E-state index in [-0.39, 0.29) is 0 Å². The van der Waals surface area contributed by atoms with Crippen LogP contribution in [0.5, 0.6) is 0 Å². The number of hydrogen-bond donors (Lipinski definition) is 1. The van der Waals surface area contributed by atoms with Gasteiger partial charge in [0.05, 0.1) is 5.69 Å². The van der Waals surface area contributed by atoms with E-state index in [9.17, 15) is 0 Å². The average Bonchev–Trinajstić information content (AvgIpc) is 2.84. The van der Waals surface area contributed by atoms with Crippen LogP contribution in [0.15, 0.2) is 23.8 Å². The summed E-state index contributed by atoms with van der Waals surface area (Å²) < 4.78 is 0. The highest BCUT2D eigenvalue weighted by molar-refractivity contribution is 8.03. The van der Waals surface area contributed by atoms with Gasteiger partial charge in [0.2, 0.25) is 0 Å². The van der Waals surface area contributed by atoms with E-state index in [2.05, 4.69) is 49.2 Å². The van der Waals surface area contributed by atoms with Crippen LogP contribution in [0, 0.1) is 0 Å². The van der Waals surface area contributed by atoms with E-state index in [1.165, 1.54) is 23.0 Å². The topological polar surface area (TPSA) is 50.7 Å². The van der Waals surface area contributed by atoms with Crippen LogP contribution in [0.3, 0.4) is 0 Å². The molecule has 21 heavy (non-hydrogen) atoms. The molecule has 0 aliphatic carbocycles. The molecule has 0 saturated carbocycles. The second-order valence-corrected chi connectivity index (χ2v) is 7.93. The molecule has 0 aromatic carbocycles. The number of rotatable bonds is 5. The van der Waals surface area contributed by atoms with Crippen molar-refractivity contribution in [2.45, 2.75) is 12.5 Å². The Bertz CT molecular complexity index is 538. The van der Waals surface area contributed by atoms with Crippen LogP contribution in [-0.2, 0) is 6.42 Å². The van der Waals surface area contributed by atoms with Gasteiger partial charge in [-0.2, -0.15) is 23.5 Å². The highest BCUT2D eigenvalue weighted by Crippen LogP contribution is 2.20. The monoisotopic (exact) mass is 338 g/mol. The predicted octanol–water partition coefficient (Wildman–Crippen LogP) is 2.58. The maximum atomic E-state index is 4.62. The molecule has 0 spiro atoms. The SMILES string of the molecule is c1cnc(-c2nc(CCNC3CSCCSC3)cs2)nc1. The van der Waals surface area contributed by atoms with Crippen LogP contribution in [0.2, 0.25) is 0 Å². The predicted molar refractivity (Wildman–Crippen MR) is 93.3 cm³/mol. The number of nitrogens with one attached hydrogen (secondary N) is 1. The Balaban J connectivity index is 1.48. The van der Waals surface area contributed by atoms with Crippen LogP contribution in [0.1, 0.15) is 5.69 Å². The molecule has 2 aromatic heterocycles. The van der Waals surface area contributed by atoms with E-state index in [1.807, 2.05) is 6.07 Å². The van der Waals surface area contributed by atoms with Gasteiger partial charge < -0.3 is 5.32 Å². The molecule has 112 valence electrons. The van der Waals surface area contributed by atoms with Crippen LogP contribution < -0.4 is 5.32 Å². The van der Waals surface area contributed by atoms with E-state index >= 15 is 0 Å². The van der Waals surface area contributed by atoms with Crippen molar-refractivity contribution in [1.29, 1.82) is 0 Å². The van der Waals surface area contributed by atoms with Crippen molar-refractivity contribution in [2.24, 2.45) is 0 Å². The molecular formula is C14H18N4S3. The molecule has 7 heteroatoms. The highest BCUT2D eigenvalue weighted by atomic mass is 32.2. The molecule has 1 aliphatic rings. The summed E-state index contributed by atoms with van der Waals surface area (Å²) in [7, 11) is 0. The van der Waals surface area contributed by atoms with Gasteiger partial charge in [-0.15, -0.1) is 11.3 Å². The quantitative estimate of drug-likeness (QED) is 0.904. The Labute approximate surface area is 137 Å². The largest absolute Gasteiger partial charge is 0.312 e. The summed E-state index contributed by atoms with van der Waals surface area (Å²) in [6.07, 6.45) is 4.48. The van der Waals surface area contributed by atoms with E-state index in [1.54, 1.807) is 23.7 Å². The van der Waals surface area contributed by atoms with Gasteiger partial charge in [-0.3, -0.25) is 0 Å². The summed E-state index contributed by atoms with van der Waals surface area (Å²) in [5, 5.41) is 6.67.